The third kappa shape index (κ3) is 3.52. The fourth-order valence-electron chi connectivity index (χ4n) is 2.47. The van der Waals surface area contributed by atoms with E-state index < -0.39 is 0 Å². The maximum absolute atomic E-state index is 5.81. The van der Waals surface area contributed by atoms with Crippen LogP contribution in [0.5, 0.6) is 5.75 Å². The third-order valence-corrected chi connectivity index (χ3v) is 3.58. The summed E-state index contributed by atoms with van der Waals surface area (Å²) in [6, 6.07) is 12.2. The van der Waals surface area contributed by atoms with Crippen LogP contribution in [-0.4, -0.2) is 31.3 Å². The van der Waals surface area contributed by atoms with Crippen LogP contribution in [0.2, 0.25) is 0 Å². The van der Waals surface area contributed by atoms with E-state index in [1.165, 1.54) is 0 Å². The molecule has 1 aliphatic rings. The largest absolute Gasteiger partial charge is 0.487 e. The van der Waals surface area contributed by atoms with Gasteiger partial charge in [0.05, 0.1) is 19.4 Å². The maximum Gasteiger partial charge on any atom is 0.138 e. The van der Waals surface area contributed by atoms with E-state index in [1.54, 1.807) is 6.20 Å². The monoisotopic (exact) mass is 284 g/mol. The molecule has 0 spiro atoms. The molecule has 1 saturated heterocycles. The van der Waals surface area contributed by atoms with Crippen molar-refractivity contribution in [2.24, 2.45) is 0 Å². The lowest BCUT2D eigenvalue weighted by Crippen LogP contribution is -2.37. The molecule has 2 aromatic rings. The minimum atomic E-state index is 0.568. The molecule has 0 bridgehead atoms. The first-order valence-electron chi connectivity index (χ1n) is 7.29. The van der Waals surface area contributed by atoms with Gasteiger partial charge in [0, 0.05) is 13.1 Å². The second-order valence-electron chi connectivity index (χ2n) is 5.19. The Labute approximate surface area is 125 Å². The third-order valence-electron chi connectivity index (χ3n) is 3.58. The van der Waals surface area contributed by atoms with Gasteiger partial charge in [-0.2, -0.15) is 0 Å². The Hall–Kier alpha value is -2.07. The number of hydrogen-bond donors (Lipinski definition) is 0. The summed E-state index contributed by atoms with van der Waals surface area (Å²) in [6.07, 6.45) is 1.81. The zero-order chi connectivity index (χ0) is 14.5. The molecule has 0 saturated carbocycles. The fourth-order valence-corrected chi connectivity index (χ4v) is 2.47. The van der Waals surface area contributed by atoms with Crippen molar-refractivity contribution in [3.8, 4) is 5.75 Å². The van der Waals surface area contributed by atoms with Gasteiger partial charge in [-0.15, -0.1) is 0 Å². The zero-order valence-electron chi connectivity index (χ0n) is 12.3. The molecule has 4 nitrogen and oxygen atoms in total. The molecule has 0 N–H and O–H groups in total. The molecular formula is C17H20N2O2. The van der Waals surface area contributed by atoms with Crippen molar-refractivity contribution in [2.45, 2.75) is 13.5 Å². The molecular weight excluding hydrogens is 264 g/mol. The summed E-state index contributed by atoms with van der Waals surface area (Å²) in [4.78, 5) is 6.82. The van der Waals surface area contributed by atoms with Crippen LogP contribution in [0.4, 0.5) is 5.82 Å². The fraction of sp³-hybridized carbons (Fsp3) is 0.353. The van der Waals surface area contributed by atoms with E-state index in [9.17, 15) is 0 Å². The Balaban J connectivity index is 1.66. The molecule has 1 aromatic heterocycles. The summed E-state index contributed by atoms with van der Waals surface area (Å²) in [5, 5.41) is 0. The molecule has 0 aliphatic carbocycles. The highest BCUT2D eigenvalue weighted by Crippen LogP contribution is 2.23. The van der Waals surface area contributed by atoms with Crippen molar-refractivity contribution in [1.82, 2.24) is 4.98 Å². The average Bonchev–Trinajstić information content (AvgIpc) is 2.55. The molecule has 1 fully saturated rings. The first-order valence-corrected chi connectivity index (χ1v) is 7.29. The zero-order valence-corrected chi connectivity index (χ0v) is 12.3. The normalized spacial score (nSPS) is 15.0. The van der Waals surface area contributed by atoms with Gasteiger partial charge in [0.15, 0.2) is 0 Å². The van der Waals surface area contributed by atoms with Gasteiger partial charge < -0.3 is 14.4 Å². The molecule has 0 radical (unpaired) electrons. The first kappa shape index (κ1) is 13.9. The van der Waals surface area contributed by atoms with Gasteiger partial charge in [0.2, 0.25) is 0 Å². The van der Waals surface area contributed by atoms with Crippen LogP contribution < -0.4 is 9.64 Å². The number of morpholine rings is 1. The predicted molar refractivity (Wildman–Crippen MR) is 82.8 cm³/mol. The number of ether oxygens (including phenoxy) is 2. The molecule has 3 rings (SSSR count). The number of rotatable bonds is 4. The molecule has 0 unspecified atom stereocenters. The summed E-state index contributed by atoms with van der Waals surface area (Å²) < 4.78 is 11.2. The molecule has 110 valence electrons. The number of anilines is 1. The van der Waals surface area contributed by atoms with E-state index in [4.69, 9.17) is 9.47 Å². The van der Waals surface area contributed by atoms with Crippen LogP contribution in [0.3, 0.4) is 0 Å². The van der Waals surface area contributed by atoms with Crippen molar-refractivity contribution in [1.29, 1.82) is 0 Å². The predicted octanol–water partition coefficient (Wildman–Crippen LogP) is 2.81. The van der Waals surface area contributed by atoms with Crippen molar-refractivity contribution in [3.05, 3.63) is 53.7 Å². The Morgan fingerprint density at radius 3 is 2.67 bits per heavy atom. The molecule has 0 amide bonds. The minimum absolute atomic E-state index is 0.568. The molecule has 1 aliphatic heterocycles. The van der Waals surface area contributed by atoms with E-state index in [0.29, 0.717) is 6.61 Å². The average molecular weight is 284 g/mol. The number of aryl methyl sites for hydroxylation is 1. The van der Waals surface area contributed by atoms with E-state index in [-0.39, 0.29) is 0 Å². The van der Waals surface area contributed by atoms with Crippen molar-refractivity contribution >= 4 is 5.82 Å². The number of hydrogen-bond acceptors (Lipinski definition) is 4. The lowest BCUT2D eigenvalue weighted by Gasteiger charge is -2.29. The highest BCUT2D eigenvalue weighted by Gasteiger charge is 2.14. The molecule has 2 heterocycles. The van der Waals surface area contributed by atoms with Gasteiger partial charge in [-0.25, -0.2) is 4.98 Å². The Morgan fingerprint density at radius 1 is 1.19 bits per heavy atom. The van der Waals surface area contributed by atoms with E-state index in [1.807, 2.05) is 18.2 Å². The van der Waals surface area contributed by atoms with Crippen molar-refractivity contribution < 1.29 is 9.47 Å². The summed E-state index contributed by atoms with van der Waals surface area (Å²) in [5.74, 6) is 1.85. The van der Waals surface area contributed by atoms with Crippen LogP contribution in [-0.2, 0) is 11.3 Å². The quantitative estimate of drug-likeness (QED) is 0.864. The molecule has 0 atom stereocenters. The Bertz CT molecular complexity index is 581. The highest BCUT2D eigenvalue weighted by molar-refractivity contribution is 5.49. The minimum Gasteiger partial charge on any atom is -0.487 e. The molecule has 4 heteroatoms. The Kier molecular flexibility index (Phi) is 4.36. The summed E-state index contributed by atoms with van der Waals surface area (Å²) in [7, 11) is 0. The maximum atomic E-state index is 5.81. The van der Waals surface area contributed by atoms with E-state index in [0.717, 1.165) is 49.0 Å². The van der Waals surface area contributed by atoms with Crippen LogP contribution in [0.15, 0.2) is 42.6 Å². The van der Waals surface area contributed by atoms with Gasteiger partial charge in [0.1, 0.15) is 18.2 Å². The van der Waals surface area contributed by atoms with Gasteiger partial charge in [0.25, 0.3) is 0 Å². The molecule has 1 aromatic carbocycles. The Morgan fingerprint density at radius 2 is 1.95 bits per heavy atom. The molecule has 21 heavy (non-hydrogen) atoms. The summed E-state index contributed by atoms with van der Waals surface area (Å²) in [5.41, 5.74) is 2.30. The van der Waals surface area contributed by atoms with Crippen molar-refractivity contribution in [2.75, 3.05) is 31.2 Å². The number of pyridine rings is 1. The highest BCUT2D eigenvalue weighted by atomic mass is 16.5. The standard InChI is InChI=1S/C17H20N2O2/c1-14-11-16(21-13-15-5-3-2-4-6-15)12-18-17(14)19-7-9-20-10-8-19/h2-6,11-12H,7-10,13H2,1H3. The smallest absolute Gasteiger partial charge is 0.138 e. The van der Waals surface area contributed by atoms with Crippen LogP contribution in [0.1, 0.15) is 11.1 Å². The lowest BCUT2D eigenvalue weighted by molar-refractivity contribution is 0.122. The first-order chi connectivity index (χ1) is 10.3. The van der Waals surface area contributed by atoms with Crippen LogP contribution >= 0.6 is 0 Å². The number of nitrogens with zero attached hydrogens (tertiary/aromatic N) is 2. The van der Waals surface area contributed by atoms with E-state index in [2.05, 4.69) is 35.0 Å². The second-order valence-corrected chi connectivity index (χ2v) is 5.19. The second kappa shape index (κ2) is 6.59. The summed E-state index contributed by atoms with van der Waals surface area (Å²) >= 11 is 0. The van der Waals surface area contributed by atoms with Crippen LogP contribution in [0.25, 0.3) is 0 Å². The topological polar surface area (TPSA) is 34.6 Å². The van der Waals surface area contributed by atoms with Gasteiger partial charge >= 0.3 is 0 Å². The number of benzene rings is 1. The van der Waals surface area contributed by atoms with Gasteiger partial charge in [-0.3, -0.25) is 0 Å². The van der Waals surface area contributed by atoms with Gasteiger partial charge in [-0.1, -0.05) is 30.3 Å². The summed E-state index contributed by atoms with van der Waals surface area (Å²) in [6.45, 7) is 5.99. The lowest BCUT2D eigenvalue weighted by atomic mass is 10.2. The van der Waals surface area contributed by atoms with E-state index >= 15 is 0 Å². The van der Waals surface area contributed by atoms with Crippen LogP contribution in [0, 0.1) is 6.92 Å². The van der Waals surface area contributed by atoms with Crippen molar-refractivity contribution in [3.63, 3.8) is 0 Å². The van der Waals surface area contributed by atoms with Gasteiger partial charge in [-0.05, 0) is 24.1 Å². The SMILES string of the molecule is Cc1cc(OCc2ccccc2)cnc1N1CCOCC1. The number of aromatic nitrogens is 1.